The smallest absolute Gasteiger partial charge is 0.311 e. The molecule has 0 atom stereocenters. The van der Waals surface area contributed by atoms with Gasteiger partial charge in [0.25, 0.3) is 0 Å². The van der Waals surface area contributed by atoms with Crippen molar-refractivity contribution in [3.63, 3.8) is 0 Å². The third-order valence-corrected chi connectivity index (χ3v) is 3.64. The van der Waals surface area contributed by atoms with E-state index in [1.165, 1.54) is 0 Å². The van der Waals surface area contributed by atoms with Crippen LogP contribution < -0.4 is 14.8 Å². The fraction of sp³-hybridized carbons (Fsp3) is 0.500. The van der Waals surface area contributed by atoms with Gasteiger partial charge in [0.15, 0.2) is 0 Å². The van der Waals surface area contributed by atoms with Crippen molar-refractivity contribution in [1.29, 1.82) is 0 Å². The molecular weight excluding hydrogens is 246 g/mol. The van der Waals surface area contributed by atoms with Crippen LogP contribution in [0.5, 0.6) is 11.5 Å². The molecule has 0 radical (unpaired) electrons. The van der Waals surface area contributed by atoms with Crippen LogP contribution in [0.4, 0.5) is 5.69 Å². The van der Waals surface area contributed by atoms with E-state index in [-0.39, 0.29) is 0 Å². The first-order valence-electron chi connectivity index (χ1n) is 6.22. The molecule has 0 aromatic heterocycles. The minimum Gasteiger partial charge on any atom is -0.496 e. The van der Waals surface area contributed by atoms with Gasteiger partial charge in [-0.1, -0.05) is 0 Å². The molecule has 0 saturated heterocycles. The van der Waals surface area contributed by atoms with E-state index in [4.69, 9.17) is 14.6 Å². The first-order valence-corrected chi connectivity index (χ1v) is 6.22. The van der Waals surface area contributed by atoms with Crippen LogP contribution in [0.2, 0.25) is 0 Å². The summed E-state index contributed by atoms with van der Waals surface area (Å²) in [4.78, 5) is 11.1. The Balaban J connectivity index is 2.17. The number of nitrogens with one attached hydrogen (secondary N) is 1. The molecule has 1 saturated carbocycles. The first kappa shape index (κ1) is 13.5. The van der Waals surface area contributed by atoms with Gasteiger partial charge in [0.1, 0.15) is 11.5 Å². The van der Waals surface area contributed by atoms with Crippen LogP contribution in [0, 0.1) is 12.3 Å². The molecule has 5 heteroatoms. The lowest BCUT2D eigenvalue weighted by Gasteiger charge is -2.17. The van der Waals surface area contributed by atoms with Gasteiger partial charge in [-0.2, -0.15) is 0 Å². The topological polar surface area (TPSA) is 67.8 Å². The average molecular weight is 265 g/mol. The molecule has 0 aliphatic heterocycles. The SMILES string of the molecule is COc1cc(NCC2(C(=O)O)CC2)c(OC)cc1C. The van der Waals surface area contributed by atoms with Crippen LogP contribution in [0.25, 0.3) is 0 Å². The number of hydrogen-bond acceptors (Lipinski definition) is 4. The van der Waals surface area contributed by atoms with Crippen molar-refractivity contribution in [1.82, 2.24) is 0 Å². The summed E-state index contributed by atoms with van der Waals surface area (Å²) in [6.07, 6.45) is 1.45. The van der Waals surface area contributed by atoms with E-state index in [9.17, 15) is 4.79 Å². The van der Waals surface area contributed by atoms with Crippen molar-refractivity contribution in [2.45, 2.75) is 19.8 Å². The number of carboxylic acids is 1. The summed E-state index contributed by atoms with van der Waals surface area (Å²) in [5.74, 6) is 0.709. The predicted octanol–water partition coefficient (Wildman–Crippen LogP) is 2.29. The number of carbonyl (C=O) groups is 1. The van der Waals surface area contributed by atoms with Gasteiger partial charge in [-0.05, 0) is 31.4 Å². The second-order valence-corrected chi connectivity index (χ2v) is 4.96. The molecule has 0 amide bonds. The minimum atomic E-state index is -0.738. The molecule has 5 nitrogen and oxygen atoms in total. The van der Waals surface area contributed by atoms with Crippen LogP contribution in [0.15, 0.2) is 12.1 Å². The Labute approximate surface area is 112 Å². The number of benzene rings is 1. The maximum Gasteiger partial charge on any atom is 0.311 e. The summed E-state index contributed by atoms with van der Waals surface area (Å²) < 4.78 is 10.6. The molecule has 2 rings (SSSR count). The van der Waals surface area contributed by atoms with E-state index in [1.807, 2.05) is 19.1 Å². The van der Waals surface area contributed by atoms with Gasteiger partial charge < -0.3 is 19.9 Å². The normalized spacial score (nSPS) is 15.7. The maximum atomic E-state index is 11.1. The number of rotatable bonds is 6. The second kappa shape index (κ2) is 4.99. The molecule has 1 fully saturated rings. The van der Waals surface area contributed by atoms with E-state index in [0.29, 0.717) is 12.3 Å². The maximum absolute atomic E-state index is 11.1. The highest BCUT2D eigenvalue weighted by molar-refractivity contribution is 5.79. The first-order chi connectivity index (χ1) is 9.02. The lowest BCUT2D eigenvalue weighted by atomic mass is 10.1. The summed E-state index contributed by atoms with van der Waals surface area (Å²) in [6.45, 7) is 2.34. The van der Waals surface area contributed by atoms with Crippen LogP contribution in [-0.4, -0.2) is 31.8 Å². The number of hydrogen-bond donors (Lipinski definition) is 2. The summed E-state index contributed by atoms with van der Waals surface area (Å²) in [7, 11) is 3.20. The molecule has 0 spiro atoms. The fourth-order valence-electron chi connectivity index (χ4n) is 2.07. The molecule has 0 unspecified atom stereocenters. The summed E-state index contributed by atoms with van der Waals surface area (Å²) >= 11 is 0. The van der Waals surface area contributed by atoms with Gasteiger partial charge in [-0.25, -0.2) is 0 Å². The van der Waals surface area contributed by atoms with Gasteiger partial charge in [0.05, 0.1) is 25.3 Å². The molecule has 2 N–H and O–H groups in total. The average Bonchev–Trinajstić information content (AvgIpc) is 3.18. The van der Waals surface area contributed by atoms with Crippen molar-refractivity contribution < 1.29 is 19.4 Å². The molecule has 0 heterocycles. The van der Waals surface area contributed by atoms with Crippen LogP contribution >= 0.6 is 0 Å². The monoisotopic (exact) mass is 265 g/mol. The van der Waals surface area contributed by atoms with Crippen molar-refractivity contribution in [2.24, 2.45) is 5.41 Å². The van der Waals surface area contributed by atoms with E-state index < -0.39 is 11.4 Å². The Bertz CT molecular complexity index is 494. The third-order valence-electron chi connectivity index (χ3n) is 3.64. The van der Waals surface area contributed by atoms with Gasteiger partial charge in [-0.3, -0.25) is 4.79 Å². The Morgan fingerprint density at radius 3 is 2.42 bits per heavy atom. The number of carboxylic acid groups (broad SMARTS) is 1. The second-order valence-electron chi connectivity index (χ2n) is 4.96. The fourth-order valence-corrected chi connectivity index (χ4v) is 2.07. The van der Waals surface area contributed by atoms with E-state index >= 15 is 0 Å². The van der Waals surface area contributed by atoms with Gasteiger partial charge in [0, 0.05) is 12.6 Å². The zero-order chi connectivity index (χ0) is 14.0. The molecule has 1 aromatic carbocycles. The van der Waals surface area contributed by atoms with Gasteiger partial charge in [-0.15, -0.1) is 0 Å². The lowest BCUT2D eigenvalue weighted by Crippen LogP contribution is -2.24. The van der Waals surface area contributed by atoms with E-state index in [0.717, 1.165) is 29.8 Å². The zero-order valence-electron chi connectivity index (χ0n) is 11.4. The molecule has 1 aliphatic rings. The Kier molecular flexibility index (Phi) is 3.55. The minimum absolute atomic E-state index is 0.408. The van der Waals surface area contributed by atoms with E-state index in [1.54, 1.807) is 14.2 Å². The number of methoxy groups -OCH3 is 2. The van der Waals surface area contributed by atoms with Gasteiger partial charge in [0.2, 0.25) is 0 Å². The van der Waals surface area contributed by atoms with E-state index in [2.05, 4.69) is 5.32 Å². The number of anilines is 1. The molecule has 1 aliphatic carbocycles. The Hall–Kier alpha value is -1.91. The van der Waals surface area contributed by atoms with Crippen LogP contribution in [0.1, 0.15) is 18.4 Å². The summed E-state index contributed by atoms with van der Waals surface area (Å²) in [6, 6.07) is 3.72. The predicted molar refractivity (Wildman–Crippen MR) is 72.1 cm³/mol. The Morgan fingerprint density at radius 2 is 1.95 bits per heavy atom. The lowest BCUT2D eigenvalue weighted by molar-refractivity contribution is -0.142. The standard InChI is InChI=1S/C14H19NO4/c1-9-6-12(19-3)10(7-11(9)18-2)15-8-14(4-5-14)13(16)17/h6-7,15H,4-5,8H2,1-3H3,(H,16,17). The van der Waals surface area contributed by atoms with Crippen LogP contribution in [-0.2, 0) is 4.79 Å². The molecule has 104 valence electrons. The summed E-state index contributed by atoms with van der Waals surface area (Å²) in [5, 5.41) is 12.3. The third kappa shape index (κ3) is 2.59. The van der Waals surface area contributed by atoms with Crippen molar-refractivity contribution in [3.05, 3.63) is 17.7 Å². The number of ether oxygens (including phenoxy) is 2. The molecular formula is C14H19NO4. The van der Waals surface area contributed by atoms with Crippen molar-refractivity contribution in [2.75, 3.05) is 26.1 Å². The van der Waals surface area contributed by atoms with Crippen molar-refractivity contribution >= 4 is 11.7 Å². The number of aliphatic carboxylic acids is 1. The highest BCUT2D eigenvalue weighted by Crippen LogP contribution is 2.46. The molecule has 0 bridgehead atoms. The summed E-state index contributed by atoms with van der Waals surface area (Å²) in [5.41, 5.74) is 1.13. The Morgan fingerprint density at radius 1 is 1.32 bits per heavy atom. The van der Waals surface area contributed by atoms with Gasteiger partial charge >= 0.3 is 5.97 Å². The number of aryl methyl sites for hydroxylation is 1. The highest BCUT2D eigenvalue weighted by Gasteiger charge is 2.50. The quantitative estimate of drug-likeness (QED) is 0.826. The largest absolute Gasteiger partial charge is 0.496 e. The molecule has 19 heavy (non-hydrogen) atoms. The zero-order valence-corrected chi connectivity index (χ0v) is 11.4. The van der Waals surface area contributed by atoms with Crippen molar-refractivity contribution in [3.8, 4) is 11.5 Å². The van der Waals surface area contributed by atoms with Crippen LogP contribution in [0.3, 0.4) is 0 Å². The highest BCUT2D eigenvalue weighted by atomic mass is 16.5. The molecule has 1 aromatic rings.